The first-order valence-electron chi connectivity index (χ1n) is 12.1. The van der Waals surface area contributed by atoms with Gasteiger partial charge in [-0.05, 0) is 36.1 Å². The van der Waals surface area contributed by atoms with Crippen LogP contribution in [0.2, 0.25) is 0 Å². The Morgan fingerprint density at radius 3 is 2.29 bits per heavy atom. The van der Waals surface area contributed by atoms with Crippen LogP contribution in [0.1, 0.15) is 58.8 Å². The van der Waals surface area contributed by atoms with Gasteiger partial charge in [0.25, 0.3) is 0 Å². The Morgan fingerprint density at radius 2 is 1.68 bits per heavy atom. The second kappa shape index (κ2) is 9.88. The van der Waals surface area contributed by atoms with E-state index in [9.17, 15) is 9.90 Å². The molecule has 180 valence electrons. The second-order valence-electron chi connectivity index (χ2n) is 10.2. The molecule has 0 fully saturated rings. The Hall–Kier alpha value is -2.70. The third-order valence-electron chi connectivity index (χ3n) is 5.83. The van der Waals surface area contributed by atoms with Crippen molar-refractivity contribution in [1.82, 2.24) is 9.88 Å². The SMILES string of the molecule is CC(C)CN(Cc1c(O)ccc2c(=O)c(-c3nc4ccccc4s3)c(C(C)C)oc12)CC(C)C. The molecule has 1 N–H and O–H groups in total. The van der Waals surface area contributed by atoms with Gasteiger partial charge in [0.15, 0.2) is 0 Å². The first-order valence-corrected chi connectivity index (χ1v) is 12.9. The molecule has 0 bridgehead atoms. The molecule has 2 aromatic carbocycles. The number of hydrogen-bond acceptors (Lipinski definition) is 6. The van der Waals surface area contributed by atoms with E-state index < -0.39 is 0 Å². The van der Waals surface area contributed by atoms with Gasteiger partial charge in [0, 0.05) is 25.6 Å². The second-order valence-corrected chi connectivity index (χ2v) is 11.3. The van der Waals surface area contributed by atoms with E-state index in [1.165, 1.54) is 11.3 Å². The Kier molecular flexibility index (Phi) is 7.10. The molecule has 4 rings (SSSR count). The van der Waals surface area contributed by atoms with Gasteiger partial charge in [-0.25, -0.2) is 4.98 Å². The van der Waals surface area contributed by atoms with Crippen molar-refractivity contribution in [2.45, 2.75) is 54.0 Å². The maximum atomic E-state index is 13.8. The number of para-hydroxylation sites is 1. The largest absolute Gasteiger partial charge is 0.507 e. The van der Waals surface area contributed by atoms with E-state index in [0.29, 0.717) is 51.2 Å². The fourth-order valence-corrected chi connectivity index (χ4v) is 5.53. The number of fused-ring (bicyclic) bond motifs is 2. The summed E-state index contributed by atoms with van der Waals surface area (Å²) < 4.78 is 7.53. The first kappa shape index (κ1) is 24.4. The van der Waals surface area contributed by atoms with Crippen LogP contribution in [0, 0.1) is 11.8 Å². The van der Waals surface area contributed by atoms with E-state index in [1.807, 2.05) is 38.1 Å². The highest BCUT2D eigenvalue weighted by Crippen LogP contribution is 2.37. The predicted molar refractivity (Wildman–Crippen MR) is 142 cm³/mol. The number of hydrogen-bond donors (Lipinski definition) is 1. The van der Waals surface area contributed by atoms with Gasteiger partial charge in [-0.1, -0.05) is 53.7 Å². The van der Waals surface area contributed by atoms with Crippen molar-refractivity contribution in [1.29, 1.82) is 0 Å². The summed E-state index contributed by atoms with van der Waals surface area (Å²) in [6, 6.07) is 11.2. The molecule has 0 unspecified atom stereocenters. The molecule has 0 spiro atoms. The van der Waals surface area contributed by atoms with Crippen LogP contribution in [0.15, 0.2) is 45.6 Å². The lowest BCUT2D eigenvalue weighted by molar-refractivity contribution is 0.209. The van der Waals surface area contributed by atoms with Gasteiger partial charge in [-0.15, -0.1) is 11.3 Å². The standard InChI is InChI=1S/C28H34N2O3S/c1-16(2)13-30(14-17(3)4)15-20-22(31)12-11-19-25(32)24(26(18(5)6)33-27(19)20)28-29-21-9-7-8-10-23(21)34-28/h7-12,16-18,31H,13-15H2,1-6H3. The maximum absolute atomic E-state index is 13.8. The van der Waals surface area contributed by atoms with Gasteiger partial charge in [-0.2, -0.15) is 0 Å². The molecule has 2 heterocycles. The quantitative estimate of drug-likeness (QED) is 0.295. The molecule has 0 aliphatic heterocycles. The lowest BCUT2D eigenvalue weighted by Crippen LogP contribution is -2.31. The van der Waals surface area contributed by atoms with Crippen LogP contribution >= 0.6 is 11.3 Å². The molecule has 0 radical (unpaired) electrons. The molecule has 0 saturated heterocycles. The molecule has 0 aliphatic carbocycles. The van der Waals surface area contributed by atoms with Crippen LogP contribution in [-0.4, -0.2) is 28.1 Å². The molecule has 5 nitrogen and oxygen atoms in total. The Labute approximate surface area is 205 Å². The van der Waals surface area contributed by atoms with Gasteiger partial charge in [0.2, 0.25) is 5.43 Å². The van der Waals surface area contributed by atoms with Gasteiger partial charge >= 0.3 is 0 Å². The number of rotatable bonds is 8. The third-order valence-corrected chi connectivity index (χ3v) is 6.88. The van der Waals surface area contributed by atoms with Crippen LogP contribution in [0.3, 0.4) is 0 Å². The fourth-order valence-electron chi connectivity index (χ4n) is 4.52. The van der Waals surface area contributed by atoms with Crippen LogP contribution in [0.5, 0.6) is 5.75 Å². The van der Waals surface area contributed by atoms with Gasteiger partial charge in [0.1, 0.15) is 22.1 Å². The highest BCUT2D eigenvalue weighted by Gasteiger charge is 2.25. The minimum Gasteiger partial charge on any atom is -0.507 e. The van der Waals surface area contributed by atoms with E-state index in [0.717, 1.165) is 23.3 Å². The zero-order valence-corrected chi connectivity index (χ0v) is 21.7. The van der Waals surface area contributed by atoms with E-state index in [4.69, 9.17) is 9.40 Å². The van der Waals surface area contributed by atoms with Gasteiger partial charge in [0.05, 0.1) is 26.7 Å². The first-order chi connectivity index (χ1) is 16.2. The maximum Gasteiger partial charge on any atom is 0.203 e. The Morgan fingerprint density at radius 1 is 1.00 bits per heavy atom. The number of aromatic hydroxyl groups is 1. The topological polar surface area (TPSA) is 66.6 Å². The molecular weight excluding hydrogens is 444 g/mol. The van der Waals surface area contributed by atoms with Crippen LogP contribution in [-0.2, 0) is 6.54 Å². The summed E-state index contributed by atoms with van der Waals surface area (Å²) >= 11 is 1.51. The summed E-state index contributed by atoms with van der Waals surface area (Å²) in [6.07, 6.45) is 0. The predicted octanol–water partition coefficient (Wildman–Crippen LogP) is 7.01. The molecule has 0 amide bonds. The minimum absolute atomic E-state index is 0.0169. The highest BCUT2D eigenvalue weighted by molar-refractivity contribution is 7.21. The Bertz CT molecular complexity index is 1320. The Balaban J connectivity index is 1.91. The number of aromatic nitrogens is 1. The van der Waals surface area contributed by atoms with Crippen LogP contribution in [0.25, 0.3) is 31.8 Å². The van der Waals surface area contributed by atoms with Crippen molar-refractivity contribution in [2.75, 3.05) is 13.1 Å². The van der Waals surface area contributed by atoms with Crippen molar-refractivity contribution in [3.63, 3.8) is 0 Å². The van der Waals surface area contributed by atoms with Gasteiger partial charge < -0.3 is 9.52 Å². The summed E-state index contributed by atoms with van der Waals surface area (Å²) in [7, 11) is 0. The van der Waals surface area contributed by atoms with Crippen LogP contribution < -0.4 is 5.43 Å². The molecule has 0 aliphatic rings. The van der Waals surface area contributed by atoms with Crippen molar-refractivity contribution < 1.29 is 9.52 Å². The number of thiazole rings is 1. The highest BCUT2D eigenvalue weighted by atomic mass is 32.1. The van der Waals surface area contributed by atoms with Crippen molar-refractivity contribution in [3.8, 4) is 16.3 Å². The average molecular weight is 479 g/mol. The molecule has 34 heavy (non-hydrogen) atoms. The fraction of sp³-hybridized carbons (Fsp3) is 0.429. The summed E-state index contributed by atoms with van der Waals surface area (Å²) in [5, 5.41) is 12.0. The van der Waals surface area contributed by atoms with E-state index in [1.54, 1.807) is 12.1 Å². The van der Waals surface area contributed by atoms with Crippen LogP contribution in [0.4, 0.5) is 0 Å². The number of nitrogens with zero attached hydrogens (tertiary/aromatic N) is 2. The molecule has 2 aromatic heterocycles. The third kappa shape index (κ3) is 4.89. The smallest absolute Gasteiger partial charge is 0.203 e. The van der Waals surface area contributed by atoms with E-state index in [-0.39, 0.29) is 17.1 Å². The van der Waals surface area contributed by atoms with Crippen molar-refractivity contribution >= 4 is 32.5 Å². The van der Waals surface area contributed by atoms with E-state index in [2.05, 4.69) is 32.6 Å². The molecule has 6 heteroatoms. The number of benzene rings is 2. The van der Waals surface area contributed by atoms with Crippen molar-refractivity contribution in [3.05, 3.63) is 57.9 Å². The minimum atomic E-state index is -0.0930. The number of phenolic OH excluding ortho intramolecular Hbond substituents is 1. The zero-order valence-electron chi connectivity index (χ0n) is 20.9. The molecule has 0 atom stereocenters. The molecular formula is C28H34N2O3S. The monoisotopic (exact) mass is 478 g/mol. The summed E-state index contributed by atoms with van der Waals surface area (Å²) in [5.74, 6) is 1.73. The zero-order chi connectivity index (χ0) is 24.6. The average Bonchev–Trinajstić information content (AvgIpc) is 3.18. The van der Waals surface area contributed by atoms with Gasteiger partial charge in [-0.3, -0.25) is 9.69 Å². The lowest BCUT2D eigenvalue weighted by Gasteiger charge is -2.27. The van der Waals surface area contributed by atoms with E-state index >= 15 is 0 Å². The summed E-state index contributed by atoms with van der Waals surface area (Å²) in [4.78, 5) is 20.9. The molecule has 4 aromatic rings. The number of phenols is 1. The van der Waals surface area contributed by atoms with Crippen molar-refractivity contribution in [2.24, 2.45) is 11.8 Å². The normalized spacial score (nSPS) is 12.3. The lowest BCUT2D eigenvalue weighted by atomic mass is 10.0. The summed E-state index contributed by atoms with van der Waals surface area (Å²) in [5.41, 5.74) is 2.47. The molecule has 0 saturated carbocycles. The summed E-state index contributed by atoms with van der Waals surface area (Å²) in [6.45, 7) is 15.1.